The van der Waals surface area contributed by atoms with Crippen LogP contribution in [0.3, 0.4) is 0 Å². The van der Waals surface area contributed by atoms with Crippen LogP contribution in [0.5, 0.6) is 0 Å². The van der Waals surface area contributed by atoms with Crippen LogP contribution < -0.4 is 0 Å². The molecule has 0 heterocycles. The summed E-state index contributed by atoms with van der Waals surface area (Å²) in [6.07, 6.45) is 1.59. The average molecular weight is 171 g/mol. The van der Waals surface area contributed by atoms with Gasteiger partial charge in [0.1, 0.15) is 0 Å². The predicted molar refractivity (Wildman–Crippen MR) is 51.7 cm³/mol. The zero-order valence-electron chi connectivity index (χ0n) is 7.32. The molecular weight excluding hydrogens is 162 g/mol. The molecule has 0 atom stereocenters. The van der Waals surface area contributed by atoms with E-state index in [1.54, 1.807) is 6.08 Å². The number of allylic oxidation sites excluding steroid dienone is 1. The molecule has 0 bridgehead atoms. The molecule has 2 heteroatoms. The molecule has 0 amide bonds. The number of ketones is 1. The Morgan fingerprint density at radius 1 is 1.38 bits per heavy atom. The fourth-order valence-electron chi connectivity index (χ4n) is 0.920. The lowest BCUT2D eigenvalue weighted by Crippen LogP contribution is -1.90. The highest BCUT2D eigenvalue weighted by atomic mass is 16.1. The van der Waals surface area contributed by atoms with Crippen LogP contribution in [0.25, 0.3) is 10.9 Å². The van der Waals surface area contributed by atoms with E-state index in [2.05, 4.69) is 4.85 Å². The summed E-state index contributed by atoms with van der Waals surface area (Å²) in [6.45, 7) is 8.17. The highest BCUT2D eigenvalue weighted by Crippen LogP contribution is 2.07. The second-order valence-electron chi connectivity index (χ2n) is 2.61. The van der Waals surface area contributed by atoms with Crippen molar-refractivity contribution in [3.05, 3.63) is 53.0 Å². The Morgan fingerprint density at radius 2 is 2.00 bits per heavy atom. The molecule has 0 unspecified atom stereocenters. The molecular formula is C11H9NO. The van der Waals surface area contributed by atoms with Gasteiger partial charge in [0.2, 0.25) is 5.70 Å². The highest BCUT2D eigenvalue weighted by Gasteiger charge is 2.01. The van der Waals surface area contributed by atoms with Crippen molar-refractivity contribution in [1.82, 2.24) is 0 Å². The van der Waals surface area contributed by atoms with E-state index < -0.39 is 0 Å². The van der Waals surface area contributed by atoms with Crippen molar-refractivity contribution >= 4 is 11.9 Å². The van der Waals surface area contributed by atoms with Crippen molar-refractivity contribution in [2.45, 2.75) is 6.92 Å². The third-order valence-electron chi connectivity index (χ3n) is 1.58. The minimum atomic E-state index is -0.196. The minimum absolute atomic E-state index is 0.172. The van der Waals surface area contributed by atoms with Gasteiger partial charge in [-0.15, -0.1) is 0 Å². The maximum absolute atomic E-state index is 10.9. The second kappa shape index (κ2) is 4.22. The van der Waals surface area contributed by atoms with Gasteiger partial charge in [-0.1, -0.05) is 30.3 Å². The standard InChI is InChI=1S/C11H9NO/c1-9(13)11(12-2)8-10-6-4-3-5-7-10/h3-8H,1H3/b11-8-. The number of carbonyl (C=O) groups excluding carboxylic acids is 1. The molecule has 0 radical (unpaired) electrons. The second-order valence-corrected chi connectivity index (χ2v) is 2.61. The normalized spacial score (nSPS) is 10.6. The molecule has 13 heavy (non-hydrogen) atoms. The molecule has 1 aromatic rings. The van der Waals surface area contributed by atoms with Gasteiger partial charge < -0.3 is 4.79 Å². The van der Waals surface area contributed by atoms with Crippen molar-refractivity contribution in [3.8, 4) is 0 Å². The summed E-state index contributed by atoms with van der Waals surface area (Å²) in [5.74, 6) is -0.196. The summed E-state index contributed by atoms with van der Waals surface area (Å²) in [4.78, 5) is 14.0. The van der Waals surface area contributed by atoms with E-state index in [0.29, 0.717) is 0 Å². The van der Waals surface area contributed by atoms with Gasteiger partial charge in [0, 0.05) is 0 Å². The molecule has 0 aromatic heterocycles. The van der Waals surface area contributed by atoms with Crippen molar-refractivity contribution in [2.24, 2.45) is 0 Å². The fraction of sp³-hybridized carbons (Fsp3) is 0.0909. The Balaban J connectivity index is 3.01. The van der Waals surface area contributed by atoms with Crippen LogP contribution in [-0.2, 0) is 4.79 Å². The van der Waals surface area contributed by atoms with E-state index in [4.69, 9.17) is 6.57 Å². The van der Waals surface area contributed by atoms with E-state index in [0.717, 1.165) is 5.56 Å². The van der Waals surface area contributed by atoms with Crippen LogP contribution in [0.1, 0.15) is 12.5 Å². The number of benzene rings is 1. The lowest BCUT2D eigenvalue weighted by molar-refractivity contribution is -0.113. The molecule has 0 fully saturated rings. The first-order valence-electron chi connectivity index (χ1n) is 3.89. The highest BCUT2D eigenvalue weighted by molar-refractivity contribution is 5.99. The van der Waals surface area contributed by atoms with Gasteiger partial charge in [0.25, 0.3) is 0 Å². The van der Waals surface area contributed by atoms with Gasteiger partial charge in [-0.05, 0) is 18.6 Å². The number of Topliss-reactive ketones (excluding diaryl/α,β-unsaturated/α-hetero) is 1. The summed E-state index contributed by atoms with van der Waals surface area (Å²) < 4.78 is 0. The van der Waals surface area contributed by atoms with Crippen LogP contribution in [0, 0.1) is 6.57 Å². The van der Waals surface area contributed by atoms with Crippen molar-refractivity contribution in [3.63, 3.8) is 0 Å². The number of hydrogen-bond acceptors (Lipinski definition) is 1. The van der Waals surface area contributed by atoms with Crippen LogP contribution in [0.4, 0.5) is 0 Å². The van der Waals surface area contributed by atoms with Crippen LogP contribution in [-0.4, -0.2) is 5.78 Å². The number of hydrogen-bond donors (Lipinski definition) is 0. The third-order valence-corrected chi connectivity index (χ3v) is 1.58. The molecule has 0 aliphatic heterocycles. The Morgan fingerprint density at radius 3 is 2.46 bits per heavy atom. The molecule has 1 aromatic carbocycles. The number of nitrogens with zero attached hydrogens (tertiary/aromatic N) is 1. The first kappa shape index (κ1) is 9.21. The topological polar surface area (TPSA) is 21.4 Å². The number of rotatable bonds is 2. The Labute approximate surface area is 77.3 Å². The SMILES string of the molecule is [C-]#[N+]/C(=C\c1ccccc1)C(C)=O. The molecule has 0 aliphatic carbocycles. The monoisotopic (exact) mass is 171 g/mol. The van der Waals surface area contributed by atoms with Crippen LogP contribution >= 0.6 is 0 Å². The van der Waals surface area contributed by atoms with Gasteiger partial charge in [0.05, 0.1) is 6.57 Å². The Hall–Kier alpha value is -1.88. The van der Waals surface area contributed by atoms with E-state index in [9.17, 15) is 4.79 Å². The van der Waals surface area contributed by atoms with E-state index >= 15 is 0 Å². The number of carbonyl (C=O) groups is 1. The maximum Gasteiger partial charge on any atom is 0.229 e. The quantitative estimate of drug-likeness (QED) is 0.495. The molecule has 2 nitrogen and oxygen atoms in total. The van der Waals surface area contributed by atoms with E-state index in [1.165, 1.54) is 6.92 Å². The fourth-order valence-corrected chi connectivity index (χ4v) is 0.920. The molecule has 0 spiro atoms. The maximum atomic E-state index is 10.9. The average Bonchev–Trinajstić information content (AvgIpc) is 2.15. The first-order valence-corrected chi connectivity index (χ1v) is 3.89. The molecule has 0 saturated carbocycles. The van der Waals surface area contributed by atoms with Crippen LogP contribution in [0.15, 0.2) is 36.0 Å². The van der Waals surface area contributed by atoms with Gasteiger partial charge in [-0.2, -0.15) is 0 Å². The Kier molecular flexibility index (Phi) is 2.99. The lowest BCUT2D eigenvalue weighted by Gasteiger charge is -1.92. The first-order chi connectivity index (χ1) is 6.24. The smallest absolute Gasteiger partial charge is 0.229 e. The molecule has 0 N–H and O–H groups in total. The van der Waals surface area contributed by atoms with E-state index in [-0.39, 0.29) is 11.5 Å². The van der Waals surface area contributed by atoms with Crippen LogP contribution in [0.2, 0.25) is 0 Å². The molecule has 0 aliphatic rings. The van der Waals surface area contributed by atoms with Gasteiger partial charge in [0.15, 0.2) is 5.78 Å². The van der Waals surface area contributed by atoms with Crippen molar-refractivity contribution in [1.29, 1.82) is 0 Å². The molecule has 64 valence electrons. The third kappa shape index (κ3) is 2.57. The van der Waals surface area contributed by atoms with Crippen molar-refractivity contribution in [2.75, 3.05) is 0 Å². The molecule has 0 saturated heterocycles. The lowest BCUT2D eigenvalue weighted by atomic mass is 10.2. The van der Waals surface area contributed by atoms with Gasteiger partial charge in [-0.3, -0.25) is 0 Å². The summed E-state index contributed by atoms with van der Waals surface area (Å²) in [6, 6.07) is 9.34. The van der Waals surface area contributed by atoms with E-state index in [1.807, 2.05) is 30.3 Å². The zero-order chi connectivity index (χ0) is 9.68. The summed E-state index contributed by atoms with van der Waals surface area (Å²) in [7, 11) is 0. The zero-order valence-corrected chi connectivity index (χ0v) is 7.32. The van der Waals surface area contributed by atoms with Crippen molar-refractivity contribution < 1.29 is 4.79 Å². The van der Waals surface area contributed by atoms with Gasteiger partial charge >= 0.3 is 0 Å². The summed E-state index contributed by atoms with van der Waals surface area (Å²) in [5.41, 5.74) is 1.05. The predicted octanol–water partition coefficient (Wildman–Crippen LogP) is 2.54. The molecule has 1 rings (SSSR count). The minimum Gasteiger partial charge on any atom is -0.308 e. The largest absolute Gasteiger partial charge is 0.308 e. The van der Waals surface area contributed by atoms with Gasteiger partial charge in [-0.25, -0.2) is 4.85 Å². The summed E-state index contributed by atoms with van der Waals surface area (Å²) in [5, 5.41) is 0. The summed E-state index contributed by atoms with van der Waals surface area (Å²) >= 11 is 0. The Bertz CT molecular complexity index is 371.